The van der Waals surface area contributed by atoms with Gasteiger partial charge in [0.05, 0.1) is 29.6 Å². The first-order chi connectivity index (χ1) is 18.6. The number of hydrogen-bond acceptors (Lipinski definition) is 6. The van der Waals surface area contributed by atoms with Gasteiger partial charge in [-0.2, -0.15) is 4.39 Å². The molecule has 1 fully saturated rings. The van der Waals surface area contributed by atoms with Crippen LogP contribution in [-0.4, -0.2) is 53.1 Å². The second kappa shape index (κ2) is 13.2. The Balaban J connectivity index is 0.00000134. The third-order valence-corrected chi connectivity index (χ3v) is 6.74. The predicted molar refractivity (Wildman–Crippen MR) is 141 cm³/mol. The molecule has 0 saturated heterocycles. The molecular weight excluding hydrogens is 536 g/mol. The van der Waals surface area contributed by atoms with Crippen LogP contribution < -0.4 is 21.1 Å². The monoisotopic (exact) mass is 563 g/mol. The van der Waals surface area contributed by atoms with Gasteiger partial charge < -0.3 is 30.8 Å². The molecule has 3 aromatic rings. The zero-order valence-electron chi connectivity index (χ0n) is 21.2. The topological polar surface area (TPSA) is 149 Å². The van der Waals surface area contributed by atoms with Crippen molar-refractivity contribution >= 4 is 35.6 Å². The summed E-state index contributed by atoms with van der Waals surface area (Å²) >= 11 is 6.30. The smallest absolute Gasteiger partial charge is 0.291 e. The molecule has 2 amide bonds. The third-order valence-electron chi connectivity index (χ3n) is 6.42. The molecule has 0 atom stereocenters. The molecule has 1 aliphatic carbocycles. The van der Waals surface area contributed by atoms with Crippen molar-refractivity contribution in [3.63, 3.8) is 0 Å². The number of carbonyl (C=O) groups excluding carboxylic acids is 2. The Morgan fingerprint density at radius 2 is 1.90 bits per heavy atom. The van der Waals surface area contributed by atoms with Gasteiger partial charge in [0.15, 0.2) is 17.4 Å². The first-order valence-corrected chi connectivity index (χ1v) is 12.2. The number of ether oxygens (including phenoxy) is 1. The summed E-state index contributed by atoms with van der Waals surface area (Å²) in [5.41, 5.74) is 6.40. The molecule has 5 N–H and O–H groups in total. The Kier molecular flexibility index (Phi) is 9.96. The van der Waals surface area contributed by atoms with E-state index in [9.17, 15) is 18.4 Å². The zero-order chi connectivity index (χ0) is 28.7. The maximum absolute atomic E-state index is 14.5. The van der Waals surface area contributed by atoms with E-state index in [-0.39, 0.29) is 40.2 Å². The summed E-state index contributed by atoms with van der Waals surface area (Å²) in [6.07, 6.45) is 3.28. The second-order valence-electron chi connectivity index (χ2n) is 8.87. The fourth-order valence-corrected chi connectivity index (χ4v) is 4.55. The lowest BCUT2D eigenvalue weighted by Gasteiger charge is -2.34. The van der Waals surface area contributed by atoms with Crippen molar-refractivity contribution in [1.29, 1.82) is 0 Å². The van der Waals surface area contributed by atoms with Crippen molar-refractivity contribution in [1.82, 2.24) is 14.9 Å². The first-order valence-electron chi connectivity index (χ1n) is 11.9. The van der Waals surface area contributed by atoms with Crippen molar-refractivity contribution in [3.8, 4) is 17.0 Å². The molecule has 0 radical (unpaired) electrons. The van der Waals surface area contributed by atoms with Crippen molar-refractivity contribution in [2.24, 2.45) is 24.6 Å². The van der Waals surface area contributed by atoms with Gasteiger partial charge in [-0.25, -0.2) is 9.37 Å². The highest BCUT2D eigenvalue weighted by Crippen LogP contribution is 2.32. The Labute approximate surface area is 228 Å². The lowest BCUT2D eigenvalue weighted by molar-refractivity contribution is -0.122. The van der Waals surface area contributed by atoms with E-state index >= 15 is 0 Å². The fraction of sp³-hybridized carbons (Fsp3) is 0.308. The van der Waals surface area contributed by atoms with Crippen LogP contribution in [0.3, 0.4) is 0 Å². The van der Waals surface area contributed by atoms with Gasteiger partial charge >= 0.3 is 0 Å². The summed E-state index contributed by atoms with van der Waals surface area (Å²) in [6, 6.07) is 7.18. The van der Waals surface area contributed by atoms with Crippen LogP contribution in [0.25, 0.3) is 11.3 Å². The van der Waals surface area contributed by atoms with Crippen LogP contribution in [0.4, 0.5) is 14.5 Å². The summed E-state index contributed by atoms with van der Waals surface area (Å²) in [5, 5.41) is 12.6. The number of nitrogens with one attached hydrogen (secondary N) is 2. The van der Waals surface area contributed by atoms with Crippen LogP contribution in [0.5, 0.6) is 5.75 Å². The number of rotatable bonds is 8. The molecule has 208 valence electrons. The highest BCUT2D eigenvalue weighted by molar-refractivity contribution is 6.34. The van der Waals surface area contributed by atoms with Gasteiger partial charge in [-0.1, -0.05) is 11.6 Å². The minimum Gasteiger partial charge on any atom is -0.494 e. The Morgan fingerprint density at radius 1 is 1.21 bits per heavy atom. The van der Waals surface area contributed by atoms with Gasteiger partial charge in [0.1, 0.15) is 0 Å². The lowest BCUT2D eigenvalue weighted by Crippen LogP contribution is -2.38. The molecule has 1 aromatic heterocycles. The van der Waals surface area contributed by atoms with Crippen LogP contribution in [0.15, 0.2) is 36.5 Å². The molecule has 39 heavy (non-hydrogen) atoms. The van der Waals surface area contributed by atoms with Gasteiger partial charge in [-0.15, -0.1) is 0 Å². The molecule has 0 unspecified atom stereocenters. The molecule has 1 heterocycles. The van der Waals surface area contributed by atoms with Gasteiger partial charge in [0.25, 0.3) is 18.3 Å². The molecule has 0 spiro atoms. The van der Waals surface area contributed by atoms with Crippen LogP contribution in [0.2, 0.25) is 5.02 Å². The van der Waals surface area contributed by atoms with Crippen molar-refractivity contribution in [2.45, 2.75) is 12.8 Å². The van der Waals surface area contributed by atoms with Crippen molar-refractivity contribution in [2.75, 3.05) is 25.5 Å². The number of benzene rings is 2. The van der Waals surface area contributed by atoms with Gasteiger partial charge in [0.2, 0.25) is 5.82 Å². The minimum atomic E-state index is -1.13. The van der Waals surface area contributed by atoms with E-state index in [4.69, 9.17) is 32.0 Å². The number of amides is 2. The summed E-state index contributed by atoms with van der Waals surface area (Å²) < 4.78 is 34.8. The number of hydrogen-bond donors (Lipinski definition) is 4. The zero-order valence-corrected chi connectivity index (χ0v) is 22.0. The first kappa shape index (κ1) is 29.5. The highest BCUT2D eigenvalue weighted by Gasteiger charge is 2.28. The number of nitrogens with zero attached hydrogens (tertiary/aromatic N) is 2. The molecule has 1 aliphatic rings. The van der Waals surface area contributed by atoms with Crippen LogP contribution in [0, 0.1) is 23.5 Å². The number of aromatic nitrogens is 2. The molecular formula is C26H28ClF2N5O5. The molecule has 4 rings (SSSR count). The fourth-order valence-electron chi connectivity index (χ4n) is 4.29. The Hall–Kier alpha value is -4.03. The average molecular weight is 564 g/mol. The summed E-state index contributed by atoms with van der Waals surface area (Å²) in [4.78, 5) is 37.7. The maximum Gasteiger partial charge on any atom is 0.291 e. The van der Waals surface area contributed by atoms with Crippen LogP contribution in [0.1, 0.15) is 33.8 Å². The third kappa shape index (κ3) is 6.70. The quantitative estimate of drug-likeness (QED) is 0.305. The predicted octanol–water partition coefficient (Wildman–Crippen LogP) is 3.70. The van der Waals surface area contributed by atoms with E-state index in [0.717, 1.165) is 12.8 Å². The summed E-state index contributed by atoms with van der Waals surface area (Å²) in [6.45, 7) is 0.976. The van der Waals surface area contributed by atoms with Crippen LogP contribution >= 0.6 is 11.6 Å². The van der Waals surface area contributed by atoms with Crippen molar-refractivity contribution in [3.05, 3.63) is 64.6 Å². The molecule has 10 nitrogen and oxygen atoms in total. The average Bonchev–Trinajstić information content (AvgIpc) is 3.26. The number of carboxylic acid groups (broad SMARTS) is 1. The number of halogens is 3. The van der Waals surface area contributed by atoms with E-state index in [2.05, 4.69) is 15.6 Å². The number of nitrogens with two attached hydrogens (primary N) is 1. The SMILES string of the molecule is COc1ccc(-c2cnc(C(=O)Nc3ccc(C(=O)NCC4CC(CN)C4)c(Cl)c3)n2C)c(F)c1F.O=CO. The van der Waals surface area contributed by atoms with E-state index < -0.39 is 17.5 Å². The minimum absolute atomic E-state index is 0.0325. The molecule has 1 saturated carbocycles. The standard InChI is InChI=1S/C25H26ClF2N5O3.CH2O2/c1-33-19(17-5-6-20(36-2)22(28)21(17)27)12-30-23(33)25(35)32-15-3-4-16(18(26)9-15)24(34)31-11-14-7-13(8-14)10-29;2-1-3/h3-6,9,12-14H,7-8,10-11,29H2,1-2H3,(H,31,34)(H,32,35);1H,(H,2,3). The number of anilines is 1. The summed E-state index contributed by atoms with van der Waals surface area (Å²) in [5.74, 6) is -2.43. The van der Waals surface area contributed by atoms with E-state index in [1.165, 1.54) is 49.2 Å². The molecule has 13 heteroatoms. The Bertz CT molecular complexity index is 1360. The van der Waals surface area contributed by atoms with E-state index in [1.807, 2.05) is 0 Å². The number of methoxy groups -OCH3 is 1. The second-order valence-corrected chi connectivity index (χ2v) is 9.28. The van der Waals surface area contributed by atoms with Gasteiger partial charge in [-0.3, -0.25) is 14.4 Å². The van der Waals surface area contributed by atoms with Crippen molar-refractivity contribution < 1.29 is 33.0 Å². The molecule has 0 aliphatic heterocycles. The number of imidazole rings is 1. The summed E-state index contributed by atoms with van der Waals surface area (Å²) in [7, 11) is 2.75. The molecule has 0 bridgehead atoms. The van der Waals surface area contributed by atoms with Gasteiger partial charge in [-0.05, 0) is 61.6 Å². The lowest BCUT2D eigenvalue weighted by atomic mass is 9.75. The van der Waals surface area contributed by atoms with E-state index in [0.29, 0.717) is 36.2 Å². The largest absolute Gasteiger partial charge is 0.494 e. The normalized spacial score (nSPS) is 15.8. The van der Waals surface area contributed by atoms with Gasteiger partial charge in [0, 0.05) is 24.8 Å². The number of carbonyl (C=O) groups is 3. The van der Waals surface area contributed by atoms with E-state index in [1.54, 1.807) is 6.07 Å². The Morgan fingerprint density at radius 3 is 2.51 bits per heavy atom. The highest BCUT2D eigenvalue weighted by atomic mass is 35.5. The van der Waals surface area contributed by atoms with Crippen LogP contribution in [-0.2, 0) is 11.8 Å². The maximum atomic E-state index is 14.5. The molecule has 2 aromatic carbocycles.